The van der Waals surface area contributed by atoms with Crippen LogP contribution in [-0.2, 0) is 11.3 Å². The van der Waals surface area contributed by atoms with Gasteiger partial charge in [-0.3, -0.25) is 0 Å². The molecule has 0 spiro atoms. The third-order valence-corrected chi connectivity index (χ3v) is 2.88. The number of nitrogens with one attached hydrogen (secondary N) is 1. The van der Waals surface area contributed by atoms with Gasteiger partial charge in [0.05, 0.1) is 27.4 Å². The summed E-state index contributed by atoms with van der Waals surface area (Å²) in [5, 5.41) is 3.02. The summed E-state index contributed by atoms with van der Waals surface area (Å²) in [4.78, 5) is 4.29. The van der Waals surface area contributed by atoms with Crippen LogP contribution in [0.5, 0.6) is 11.5 Å². The zero-order chi connectivity index (χ0) is 16.4. The smallest absolute Gasteiger partial charge is 0.188 e. The normalized spacial score (nSPS) is 11.1. The molecule has 1 aromatic rings. The van der Waals surface area contributed by atoms with Crippen LogP contribution in [0.4, 0.5) is 0 Å². The van der Waals surface area contributed by atoms with Gasteiger partial charge in [0.15, 0.2) is 17.5 Å². The van der Waals surface area contributed by atoms with Crippen LogP contribution in [0.25, 0.3) is 0 Å². The van der Waals surface area contributed by atoms with Crippen molar-refractivity contribution in [1.29, 1.82) is 0 Å². The fourth-order valence-corrected chi connectivity index (χ4v) is 1.78. The van der Waals surface area contributed by atoms with E-state index < -0.39 is 0 Å². The number of halogens is 1. The Balaban J connectivity index is 0.00000484. The van der Waals surface area contributed by atoms with Crippen LogP contribution in [0.3, 0.4) is 0 Å². The average molecular weight is 437 g/mol. The molecular formula is C16H28IN3O3. The number of ether oxygens (including phenoxy) is 3. The van der Waals surface area contributed by atoms with Crippen molar-refractivity contribution in [3.8, 4) is 11.5 Å². The number of hydrogen-bond donors (Lipinski definition) is 2. The van der Waals surface area contributed by atoms with E-state index in [2.05, 4.69) is 24.2 Å². The Morgan fingerprint density at radius 3 is 2.52 bits per heavy atom. The van der Waals surface area contributed by atoms with Crippen LogP contribution in [-0.4, -0.2) is 39.9 Å². The van der Waals surface area contributed by atoms with Crippen molar-refractivity contribution in [3.63, 3.8) is 0 Å². The third-order valence-electron chi connectivity index (χ3n) is 2.88. The molecule has 0 saturated heterocycles. The molecule has 23 heavy (non-hydrogen) atoms. The van der Waals surface area contributed by atoms with Gasteiger partial charge < -0.3 is 25.3 Å². The second-order valence-corrected chi connectivity index (χ2v) is 5.29. The molecule has 1 rings (SSSR count). The third kappa shape index (κ3) is 8.85. The Hall–Kier alpha value is -1.22. The number of methoxy groups -OCH3 is 2. The van der Waals surface area contributed by atoms with E-state index in [1.165, 1.54) is 0 Å². The first kappa shape index (κ1) is 21.8. The summed E-state index contributed by atoms with van der Waals surface area (Å²) in [6.07, 6.45) is 0. The van der Waals surface area contributed by atoms with E-state index in [0.717, 1.165) is 12.2 Å². The molecule has 0 unspecified atom stereocenters. The van der Waals surface area contributed by atoms with Crippen molar-refractivity contribution < 1.29 is 14.2 Å². The monoisotopic (exact) mass is 437 g/mol. The van der Waals surface area contributed by atoms with Crippen molar-refractivity contribution in [1.82, 2.24) is 5.32 Å². The Morgan fingerprint density at radius 2 is 1.91 bits per heavy atom. The number of aliphatic imine (C=N–C) groups is 1. The minimum Gasteiger partial charge on any atom is -0.493 e. The lowest BCUT2D eigenvalue weighted by Gasteiger charge is -2.10. The van der Waals surface area contributed by atoms with Crippen molar-refractivity contribution in [2.45, 2.75) is 20.4 Å². The fourth-order valence-electron chi connectivity index (χ4n) is 1.78. The van der Waals surface area contributed by atoms with Gasteiger partial charge in [0.1, 0.15) is 0 Å². The van der Waals surface area contributed by atoms with Gasteiger partial charge in [-0.2, -0.15) is 0 Å². The summed E-state index contributed by atoms with van der Waals surface area (Å²) in [5.41, 5.74) is 6.82. The van der Waals surface area contributed by atoms with Gasteiger partial charge >= 0.3 is 0 Å². The first-order chi connectivity index (χ1) is 10.6. The number of rotatable bonds is 9. The number of nitrogens with zero attached hydrogens (tertiary/aromatic N) is 1. The van der Waals surface area contributed by atoms with Crippen LogP contribution in [0, 0.1) is 5.92 Å². The van der Waals surface area contributed by atoms with Gasteiger partial charge in [-0.05, 0) is 23.6 Å². The van der Waals surface area contributed by atoms with Crippen molar-refractivity contribution in [3.05, 3.63) is 23.8 Å². The number of hydrogen-bond acceptors (Lipinski definition) is 4. The predicted octanol–water partition coefficient (Wildman–Crippen LogP) is 2.40. The minimum absolute atomic E-state index is 0. The molecule has 132 valence electrons. The zero-order valence-electron chi connectivity index (χ0n) is 14.3. The van der Waals surface area contributed by atoms with Crippen LogP contribution >= 0.6 is 24.0 Å². The predicted molar refractivity (Wildman–Crippen MR) is 104 cm³/mol. The van der Waals surface area contributed by atoms with Crippen molar-refractivity contribution >= 4 is 29.9 Å². The zero-order valence-corrected chi connectivity index (χ0v) is 16.6. The van der Waals surface area contributed by atoms with Crippen LogP contribution in [0.1, 0.15) is 19.4 Å². The van der Waals surface area contributed by atoms with E-state index in [0.29, 0.717) is 43.1 Å². The first-order valence-corrected chi connectivity index (χ1v) is 7.39. The molecule has 0 heterocycles. The first-order valence-electron chi connectivity index (χ1n) is 7.39. The second kappa shape index (κ2) is 12.2. The quantitative estimate of drug-likeness (QED) is 0.269. The van der Waals surface area contributed by atoms with E-state index in [4.69, 9.17) is 19.9 Å². The Kier molecular flexibility index (Phi) is 11.6. The maximum atomic E-state index is 5.82. The highest BCUT2D eigenvalue weighted by atomic mass is 127. The molecule has 0 aliphatic carbocycles. The molecule has 7 heteroatoms. The van der Waals surface area contributed by atoms with Crippen LogP contribution in [0.15, 0.2) is 23.2 Å². The van der Waals surface area contributed by atoms with Gasteiger partial charge in [0.2, 0.25) is 0 Å². The summed E-state index contributed by atoms with van der Waals surface area (Å²) < 4.78 is 15.9. The summed E-state index contributed by atoms with van der Waals surface area (Å²) in [5.74, 6) is 2.33. The van der Waals surface area contributed by atoms with E-state index in [9.17, 15) is 0 Å². The SMILES string of the molecule is COc1ccc(CN=C(N)NCCOCC(C)C)cc1OC.I. The highest BCUT2D eigenvalue weighted by Gasteiger charge is 2.04. The topological polar surface area (TPSA) is 78.1 Å². The molecule has 1 aromatic carbocycles. The molecule has 0 amide bonds. The summed E-state index contributed by atoms with van der Waals surface area (Å²) in [6, 6.07) is 5.68. The largest absolute Gasteiger partial charge is 0.493 e. The lowest BCUT2D eigenvalue weighted by Crippen LogP contribution is -2.34. The standard InChI is InChI=1S/C16H27N3O3.HI/c1-12(2)11-22-8-7-18-16(17)19-10-13-5-6-14(20-3)15(9-13)21-4;/h5-6,9,12H,7-8,10-11H2,1-4H3,(H3,17,18,19);1H. The summed E-state index contributed by atoms with van der Waals surface area (Å²) in [6.45, 7) is 6.73. The fraction of sp³-hybridized carbons (Fsp3) is 0.562. The van der Waals surface area contributed by atoms with Gasteiger partial charge in [0, 0.05) is 13.2 Å². The van der Waals surface area contributed by atoms with Gasteiger partial charge in [-0.15, -0.1) is 24.0 Å². The van der Waals surface area contributed by atoms with Gasteiger partial charge in [-0.25, -0.2) is 4.99 Å². The van der Waals surface area contributed by atoms with E-state index in [-0.39, 0.29) is 24.0 Å². The van der Waals surface area contributed by atoms with Crippen molar-refractivity contribution in [2.75, 3.05) is 34.0 Å². The molecule has 3 N–H and O–H groups in total. The number of nitrogens with two attached hydrogens (primary N) is 1. The molecule has 0 saturated carbocycles. The van der Waals surface area contributed by atoms with Crippen LogP contribution < -0.4 is 20.5 Å². The molecule has 0 fully saturated rings. The molecule has 0 atom stereocenters. The molecular weight excluding hydrogens is 409 g/mol. The van der Waals surface area contributed by atoms with Crippen LogP contribution in [0.2, 0.25) is 0 Å². The van der Waals surface area contributed by atoms with Crippen molar-refractivity contribution in [2.24, 2.45) is 16.6 Å². The molecule has 0 aliphatic heterocycles. The summed E-state index contributed by atoms with van der Waals surface area (Å²) >= 11 is 0. The average Bonchev–Trinajstić information content (AvgIpc) is 2.51. The van der Waals surface area contributed by atoms with Gasteiger partial charge in [-0.1, -0.05) is 19.9 Å². The molecule has 6 nitrogen and oxygen atoms in total. The molecule has 0 bridgehead atoms. The van der Waals surface area contributed by atoms with Gasteiger partial charge in [0.25, 0.3) is 0 Å². The Bertz CT molecular complexity index is 482. The maximum absolute atomic E-state index is 5.82. The maximum Gasteiger partial charge on any atom is 0.188 e. The van der Waals surface area contributed by atoms with E-state index in [1.54, 1.807) is 14.2 Å². The second-order valence-electron chi connectivity index (χ2n) is 5.29. The minimum atomic E-state index is 0. The number of guanidine groups is 1. The van der Waals surface area contributed by atoms with E-state index >= 15 is 0 Å². The molecule has 0 radical (unpaired) electrons. The summed E-state index contributed by atoms with van der Waals surface area (Å²) in [7, 11) is 3.22. The lowest BCUT2D eigenvalue weighted by atomic mass is 10.2. The molecule has 0 aliphatic rings. The lowest BCUT2D eigenvalue weighted by molar-refractivity contribution is 0.114. The van der Waals surface area contributed by atoms with E-state index in [1.807, 2.05) is 18.2 Å². The highest BCUT2D eigenvalue weighted by molar-refractivity contribution is 14.0. The highest BCUT2D eigenvalue weighted by Crippen LogP contribution is 2.27. The Morgan fingerprint density at radius 1 is 1.22 bits per heavy atom. The Labute approximate surface area is 155 Å². The number of benzene rings is 1. The molecule has 0 aromatic heterocycles.